The molecule has 1 aliphatic heterocycles. The van der Waals surface area contributed by atoms with E-state index in [0.717, 1.165) is 5.56 Å². The van der Waals surface area contributed by atoms with E-state index in [9.17, 15) is 18.4 Å². The van der Waals surface area contributed by atoms with Crippen molar-refractivity contribution in [1.29, 1.82) is 5.26 Å². The largest absolute Gasteiger partial charge is 0.487 e. The van der Waals surface area contributed by atoms with Crippen LogP contribution < -0.4 is 10.5 Å². The Hall–Kier alpha value is -2.56. The van der Waals surface area contributed by atoms with Gasteiger partial charge in [-0.25, -0.2) is 13.2 Å². The molecule has 4 nitrogen and oxygen atoms in total. The molecule has 0 bridgehead atoms. The number of likely N-dealkylation sites (tertiary alicyclic amines) is 1. The first-order valence-corrected chi connectivity index (χ1v) is 10.1. The zero-order valence-corrected chi connectivity index (χ0v) is 16.5. The van der Waals surface area contributed by atoms with Gasteiger partial charge in [0.2, 0.25) is 0 Å². The van der Waals surface area contributed by atoms with E-state index in [1.54, 1.807) is 41.3 Å². The zero-order chi connectivity index (χ0) is 21.3. The van der Waals surface area contributed by atoms with Gasteiger partial charge in [0.25, 0.3) is 5.92 Å². The van der Waals surface area contributed by atoms with Gasteiger partial charge in [-0.15, -0.1) is 0 Å². The van der Waals surface area contributed by atoms with Gasteiger partial charge < -0.3 is 10.5 Å². The van der Waals surface area contributed by atoms with Crippen molar-refractivity contribution in [2.45, 2.75) is 49.3 Å². The van der Waals surface area contributed by atoms with E-state index in [1.165, 1.54) is 12.1 Å². The molecule has 1 saturated heterocycles. The van der Waals surface area contributed by atoms with Crippen molar-refractivity contribution in [2.24, 2.45) is 5.73 Å². The van der Waals surface area contributed by atoms with Gasteiger partial charge in [-0.1, -0.05) is 24.3 Å². The second kappa shape index (κ2) is 8.29. The van der Waals surface area contributed by atoms with Gasteiger partial charge in [0.1, 0.15) is 23.7 Å². The number of para-hydroxylation sites is 1. The van der Waals surface area contributed by atoms with E-state index >= 15 is 0 Å². The summed E-state index contributed by atoms with van der Waals surface area (Å²) in [5.41, 5.74) is 7.28. The molecule has 4 unspecified atom stereocenters. The Balaban J connectivity index is 1.61. The molecule has 2 aromatic rings. The number of nitriles is 1. The molecule has 2 aliphatic rings. The molecule has 0 aromatic heterocycles. The molecule has 2 N–H and O–H groups in total. The van der Waals surface area contributed by atoms with E-state index in [0.29, 0.717) is 30.7 Å². The summed E-state index contributed by atoms with van der Waals surface area (Å²) in [5.74, 6) is -2.67. The molecule has 0 radical (unpaired) electrons. The quantitative estimate of drug-likeness (QED) is 0.818. The lowest BCUT2D eigenvalue weighted by Gasteiger charge is -2.41. The van der Waals surface area contributed by atoms with Crippen LogP contribution in [-0.2, 0) is 0 Å². The van der Waals surface area contributed by atoms with Crippen LogP contribution in [0.5, 0.6) is 5.75 Å². The van der Waals surface area contributed by atoms with Crippen molar-refractivity contribution in [3.05, 3.63) is 65.5 Å². The zero-order valence-electron chi connectivity index (χ0n) is 16.5. The molecular weight excluding hydrogens is 391 g/mol. The molecule has 7 heteroatoms. The summed E-state index contributed by atoms with van der Waals surface area (Å²) >= 11 is 0. The van der Waals surface area contributed by atoms with Crippen LogP contribution >= 0.6 is 0 Å². The topological polar surface area (TPSA) is 62.3 Å². The van der Waals surface area contributed by atoms with E-state index < -0.39 is 12.0 Å². The summed E-state index contributed by atoms with van der Waals surface area (Å²) in [6.45, 7) is 0.0113. The Morgan fingerprint density at radius 2 is 1.83 bits per heavy atom. The minimum absolute atomic E-state index is 0.0432. The van der Waals surface area contributed by atoms with Crippen molar-refractivity contribution in [3.63, 3.8) is 0 Å². The van der Waals surface area contributed by atoms with Gasteiger partial charge in [0.05, 0.1) is 12.1 Å². The lowest BCUT2D eigenvalue weighted by molar-refractivity contribution is -0.0894. The van der Waals surface area contributed by atoms with Crippen LogP contribution in [0.4, 0.5) is 13.2 Å². The van der Waals surface area contributed by atoms with E-state index in [2.05, 4.69) is 6.07 Å². The van der Waals surface area contributed by atoms with Gasteiger partial charge in [0.15, 0.2) is 0 Å². The molecule has 2 fully saturated rings. The third-order valence-corrected chi connectivity index (χ3v) is 6.03. The van der Waals surface area contributed by atoms with Crippen molar-refractivity contribution in [3.8, 4) is 11.8 Å². The number of benzene rings is 2. The van der Waals surface area contributed by atoms with Gasteiger partial charge in [-0.05, 0) is 48.6 Å². The molecule has 1 aliphatic carbocycles. The second-order valence-electron chi connectivity index (χ2n) is 8.30. The highest BCUT2D eigenvalue weighted by atomic mass is 19.3. The molecule has 1 heterocycles. The summed E-state index contributed by atoms with van der Waals surface area (Å²) in [6.07, 6.45) is 0.498. The molecule has 30 heavy (non-hydrogen) atoms. The number of rotatable bonds is 4. The fourth-order valence-electron chi connectivity index (χ4n) is 4.75. The van der Waals surface area contributed by atoms with Crippen molar-refractivity contribution in [2.75, 3.05) is 13.1 Å². The van der Waals surface area contributed by atoms with Crippen molar-refractivity contribution in [1.82, 2.24) is 4.90 Å². The lowest BCUT2D eigenvalue weighted by Crippen LogP contribution is -2.57. The second-order valence-corrected chi connectivity index (χ2v) is 8.30. The van der Waals surface area contributed by atoms with E-state index in [-0.39, 0.29) is 36.8 Å². The van der Waals surface area contributed by atoms with Gasteiger partial charge in [-0.3, -0.25) is 4.90 Å². The predicted molar refractivity (Wildman–Crippen MR) is 107 cm³/mol. The molecule has 158 valence electrons. The first-order valence-electron chi connectivity index (χ1n) is 10.1. The Morgan fingerprint density at radius 3 is 2.53 bits per heavy atom. The number of halogens is 3. The first-order chi connectivity index (χ1) is 14.3. The third kappa shape index (κ3) is 4.45. The van der Waals surface area contributed by atoms with Gasteiger partial charge >= 0.3 is 0 Å². The maximum absolute atomic E-state index is 14.2. The molecule has 4 atom stereocenters. The molecule has 1 saturated carbocycles. The van der Waals surface area contributed by atoms with E-state index in [1.807, 2.05) is 0 Å². The Labute approximate surface area is 174 Å². The minimum Gasteiger partial charge on any atom is -0.487 e. The number of nitrogens with two attached hydrogens (primary N) is 1. The monoisotopic (exact) mass is 415 g/mol. The average molecular weight is 415 g/mol. The number of hydrogen-bond acceptors (Lipinski definition) is 4. The Bertz CT molecular complexity index is 928. The molecule has 0 spiro atoms. The number of ether oxygens (including phenoxy) is 1. The fourth-order valence-corrected chi connectivity index (χ4v) is 4.75. The maximum atomic E-state index is 14.2. The highest BCUT2D eigenvalue weighted by molar-refractivity contribution is 5.42. The normalized spacial score (nSPS) is 28.8. The molecule has 0 amide bonds. The third-order valence-electron chi connectivity index (χ3n) is 6.03. The Morgan fingerprint density at radius 1 is 1.10 bits per heavy atom. The summed E-state index contributed by atoms with van der Waals surface area (Å²) in [4.78, 5) is 1.73. The molecule has 2 aromatic carbocycles. The van der Waals surface area contributed by atoms with Crippen LogP contribution in [0, 0.1) is 17.1 Å². The summed E-state index contributed by atoms with van der Waals surface area (Å²) in [7, 11) is 0. The summed E-state index contributed by atoms with van der Waals surface area (Å²) in [5, 5.41) is 9.37. The number of hydrogen-bond donors (Lipinski definition) is 1. The highest BCUT2D eigenvalue weighted by Crippen LogP contribution is 2.41. The Kier molecular flexibility index (Phi) is 5.72. The number of alkyl halides is 2. The highest BCUT2D eigenvalue weighted by Gasteiger charge is 2.47. The molecule has 4 rings (SSSR count). The minimum atomic E-state index is -2.85. The van der Waals surface area contributed by atoms with Crippen LogP contribution in [0.15, 0.2) is 48.5 Å². The van der Waals surface area contributed by atoms with Gasteiger partial charge in [-0.2, -0.15) is 5.26 Å². The van der Waals surface area contributed by atoms with Crippen molar-refractivity contribution >= 4 is 0 Å². The predicted octanol–water partition coefficient (Wildman–Crippen LogP) is 4.06. The standard InChI is InChI=1S/C23H24F3N3O/c24-18-7-5-15(6-8-18)17-9-20(29-13-19(28)11-23(25,26)14-29)22(10-17)30-21-4-2-1-3-16(21)12-27/h1-8,17,19-20,22H,9-11,13-14,28H2. The maximum Gasteiger partial charge on any atom is 0.262 e. The van der Waals surface area contributed by atoms with E-state index in [4.69, 9.17) is 10.5 Å². The van der Waals surface area contributed by atoms with Crippen molar-refractivity contribution < 1.29 is 17.9 Å². The lowest BCUT2D eigenvalue weighted by atomic mass is 9.96. The fraction of sp³-hybridized carbons (Fsp3) is 0.435. The van der Waals surface area contributed by atoms with Crippen LogP contribution in [0.1, 0.15) is 36.3 Å². The van der Waals surface area contributed by atoms with Gasteiger partial charge in [0, 0.05) is 25.0 Å². The summed E-state index contributed by atoms with van der Waals surface area (Å²) in [6, 6.07) is 14.4. The van der Waals surface area contributed by atoms with Crippen LogP contribution in [-0.4, -0.2) is 42.1 Å². The smallest absolute Gasteiger partial charge is 0.262 e. The van der Waals surface area contributed by atoms with Crippen LogP contribution in [0.25, 0.3) is 0 Å². The first kappa shape index (κ1) is 20.7. The van der Waals surface area contributed by atoms with Crippen LogP contribution in [0.2, 0.25) is 0 Å². The number of piperidine rings is 1. The number of nitrogens with zero attached hydrogens (tertiary/aromatic N) is 2. The summed E-state index contributed by atoms with van der Waals surface area (Å²) < 4.78 is 48.1. The SMILES string of the molecule is N#Cc1ccccc1OC1CC(c2ccc(F)cc2)CC1N1CC(N)CC(F)(F)C1. The molecular formula is C23H24F3N3O. The average Bonchev–Trinajstić information content (AvgIpc) is 3.11. The van der Waals surface area contributed by atoms with Crippen LogP contribution in [0.3, 0.4) is 0 Å².